The van der Waals surface area contributed by atoms with Crippen molar-refractivity contribution in [3.05, 3.63) is 87.7 Å². The number of carbonyl (C=O) groups excluding carboxylic acids is 3. The molecule has 0 amide bonds. The Hall–Kier alpha value is -4.71. The van der Waals surface area contributed by atoms with Gasteiger partial charge in [-0.3, -0.25) is 29.2 Å². The maximum atomic E-state index is 15.2. The summed E-state index contributed by atoms with van der Waals surface area (Å²) in [5, 5.41) is 17.3. The number of likely N-dealkylation sites (tertiary alicyclic amines) is 1. The van der Waals surface area contributed by atoms with Crippen molar-refractivity contribution in [2.45, 2.75) is 56.5 Å². The smallest absolute Gasteiger partial charge is 0.265 e. The fourth-order valence-electron chi connectivity index (χ4n) is 9.23. The second-order valence-electron chi connectivity index (χ2n) is 14.4. The predicted molar refractivity (Wildman–Crippen MR) is 185 cm³/mol. The van der Waals surface area contributed by atoms with Gasteiger partial charge in [0.15, 0.2) is 17.3 Å². The molecule has 1 saturated carbocycles. The Morgan fingerprint density at radius 2 is 1.84 bits per heavy atom. The first-order chi connectivity index (χ1) is 24.1. The van der Waals surface area contributed by atoms with Gasteiger partial charge < -0.3 is 19.1 Å². The lowest BCUT2D eigenvalue weighted by Gasteiger charge is -2.58. The van der Waals surface area contributed by atoms with Gasteiger partial charge in [0.05, 0.1) is 5.92 Å². The van der Waals surface area contributed by atoms with Gasteiger partial charge in [0.2, 0.25) is 11.4 Å². The molecular formula is C39H40N4O7. The van der Waals surface area contributed by atoms with Gasteiger partial charge in [0.1, 0.15) is 29.5 Å². The average molecular weight is 677 g/mol. The number of Topliss-reactive ketones (excluding diaryl/α,β-unsaturated/α-hetero) is 3. The van der Waals surface area contributed by atoms with E-state index in [1.165, 1.54) is 13.5 Å². The molecule has 1 aromatic heterocycles. The minimum atomic E-state index is -2.22. The Morgan fingerprint density at radius 1 is 1.08 bits per heavy atom. The molecule has 50 heavy (non-hydrogen) atoms. The molecule has 3 aliphatic carbocycles. The highest BCUT2D eigenvalue weighted by Gasteiger charge is 2.76. The molecule has 8 rings (SSSR count). The molecule has 258 valence electrons. The summed E-state index contributed by atoms with van der Waals surface area (Å²) in [5.41, 5.74) is -0.332. The lowest BCUT2D eigenvalue weighted by molar-refractivity contribution is -0.162. The molecule has 0 spiro atoms. The first-order valence-corrected chi connectivity index (χ1v) is 17.1. The minimum absolute atomic E-state index is 0.00855. The molecule has 11 nitrogen and oxygen atoms in total. The van der Waals surface area contributed by atoms with Crippen LogP contribution in [0.25, 0.3) is 10.8 Å². The number of hydrogen-bond donors (Lipinski definition) is 1. The van der Waals surface area contributed by atoms with Gasteiger partial charge in [-0.1, -0.05) is 42.5 Å². The van der Waals surface area contributed by atoms with Crippen molar-refractivity contribution in [1.29, 1.82) is 0 Å². The Labute approximate surface area is 289 Å². The van der Waals surface area contributed by atoms with Crippen LogP contribution in [0.3, 0.4) is 0 Å². The van der Waals surface area contributed by atoms with Crippen LogP contribution in [0.15, 0.2) is 58.0 Å². The van der Waals surface area contributed by atoms with Gasteiger partial charge >= 0.3 is 0 Å². The van der Waals surface area contributed by atoms with E-state index in [1.807, 2.05) is 55.5 Å². The Bertz CT molecular complexity index is 2090. The Kier molecular flexibility index (Phi) is 7.59. The summed E-state index contributed by atoms with van der Waals surface area (Å²) >= 11 is 0. The number of ether oxygens (including phenoxy) is 2. The van der Waals surface area contributed by atoms with Gasteiger partial charge in [-0.2, -0.15) is 0 Å². The standard InChI is InChI=1S/C39H40N4O7/c1-21-26-16-23(19-43-14-9-15-43)12-13-25(26)31(44)27-17-24-18-38(40-2)34(42(3)4)33-30(37(41-50-33)49-20-22-10-7-6-8-11-22)36(47)39(38,48-5)35(46)29(24)32(45)28(21)27/h6-8,10-13,16,24,29,34,44H,2,9,14-15,17-20H2,1,3-5H3. The molecule has 2 heterocycles. The van der Waals surface area contributed by atoms with Crippen LogP contribution in [0.1, 0.15) is 67.6 Å². The molecule has 4 aromatic rings. The van der Waals surface area contributed by atoms with Crippen LogP contribution in [-0.4, -0.2) is 89.6 Å². The summed E-state index contributed by atoms with van der Waals surface area (Å²) in [6, 6.07) is 14.6. The summed E-state index contributed by atoms with van der Waals surface area (Å²) in [6.07, 6.45) is 1.50. The lowest BCUT2D eigenvalue weighted by atomic mass is 9.50. The van der Waals surface area contributed by atoms with Crippen molar-refractivity contribution >= 4 is 34.8 Å². The number of aromatic nitrogens is 1. The van der Waals surface area contributed by atoms with Gasteiger partial charge in [-0.15, -0.1) is 0 Å². The van der Waals surface area contributed by atoms with Crippen LogP contribution in [0, 0.1) is 18.8 Å². The molecule has 5 unspecified atom stereocenters. The van der Waals surface area contributed by atoms with E-state index in [0.717, 1.165) is 36.1 Å². The van der Waals surface area contributed by atoms with E-state index in [2.05, 4.69) is 21.8 Å². The highest BCUT2D eigenvalue weighted by atomic mass is 16.5. The third-order valence-electron chi connectivity index (χ3n) is 11.6. The topological polar surface area (TPSA) is 135 Å². The third kappa shape index (κ3) is 4.29. The number of phenolic OH excluding ortho intramolecular Hbond substituents is 1. The maximum absolute atomic E-state index is 15.2. The molecule has 5 atom stereocenters. The van der Waals surface area contributed by atoms with E-state index in [-0.39, 0.29) is 42.4 Å². The van der Waals surface area contributed by atoms with Crippen molar-refractivity contribution in [3.63, 3.8) is 0 Å². The number of rotatable bonds is 8. The average Bonchev–Trinajstić information content (AvgIpc) is 3.51. The van der Waals surface area contributed by atoms with Crippen molar-refractivity contribution in [1.82, 2.24) is 15.0 Å². The monoisotopic (exact) mass is 676 g/mol. The Morgan fingerprint density at radius 3 is 2.50 bits per heavy atom. The SMILES string of the molecule is C=NC12CC3Cc4c(c(C)c5cc(CN6CCC6)ccc5c4O)C(=O)C3C(=O)C1(OC)C(=O)c1c(OCc3ccccc3)noc1C2N(C)C. The number of ketones is 3. The summed E-state index contributed by atoms with van der Waals surface area (Å²) in [6.45, 7) is 8.78. The van der Waals surface area contributed by atoms with Crippen LogP contribution in [0.5, 0.6) is 11.6 Å². The molecule has 1 saturated heterocycles. The highest BCUT2D eigenvalue weighted by Crippen LogP contribution is 2.60. The number of benzene rings is 3. The number of aryl methyl sites for hydroxylation is 1. The number of aromatic hydroxyl groups is 1. The normalized spacial score (nSPS) is 27.4. The first kappa shape index (κ1) is 32.5. The number of aliphatic imine (C=N–C) groups is 1. The maximum Gasteiger partial charge on any atom is 0.265 e. The lowest BCUT2D eigenvalue weighted by Crippen LogP contribution is -2.76. The number of carbonyl (C=O) groups is 3. The Balaban J connectivity index is 1.25. The van der Waals surface area contributed by atoms with Crippen LogP contribution in [0.4, 0.5) is 0 Å². The van der Waals surface area contributed by atoms with Crippen molar-refractivity contribution in [2.24, 2.45) is 16.8 Å². The number of nitrogens with zero attached hydrogens (tertiary/aromatic N) is 4. The zero-order valence-electron chi connectivity index (χ0n) is 28.7. The second kappa shape index (κ2) is 11.7. The molecule has 0 radical (unpaired) electrons. The molecule has 4 aliphatic rings. The third-order valence-corrected chi connectivity index (χ3v) is 11.6. The quantitative estimate of drug-likeness (QED) is 0.203. The molecule has 0 bridgehead atoms. The van der Waals surface area contributed by atoms with Crippen LogP contribution >= 0.6 is 0 Å². The van der Waals surface area contributed by atoms with Crippen LogP contribution in [-0.2, 0) is 29.1 Å². The highest BCUT2D eigenvalue weighted by molar-refractivity contribution is 6.28. The van der Waals surface area contributed by atoms with E-state index >= 15 is 4.79 Å². The van der Waals surface area contributed by atoms with E-state index < -0.39 is 46.4 Å². The number of likely N-dealkylation sites (N-methyl/N-ethyl adjacent to an activating group) is 1. The van der Waals surface area contributed by atoms with E-state index in [1.54, 1.807) is 19.0 Å². The fraction of sp³-hybridized carbons (Fsp3) is 0.410. The largest absolute Gasteiger partial charge is 0.507 e. The summed E-state index contributed by atoms with van der Waals surface area (Å²) in [7, 11) is 4.89. The van der Waals surface area contributed by atoms with Crippen molar-refractivity contribution in [2.75, 3.05) is 34.3 Å². The second-order valence-corrected chi connectivity index (χ2v) is 14.4. The predicted octanol–water partition coefficient (Wildman–Crippen LogP) is 4.89. The van der Waals surface area contributed by atoms with Gasteiger partial charge in [-0.25, -0.2) is 0 Å². The number of phenols is 1. The molecular weight excluding hydrogens is 636 g/mol. The van der Waals surface area contributed by atoms with Crippen LogP contribution < -0.4 is 4.74 Å². The fourth-order valence-corrected chi connectivity index (χ4v) is 9.23. The molecule has 11 heteroatoms. The van der Waals surface area contributed by atoms with Crippen molar-refractivity contribution in [3.8, 4) is 11.6 Å². The van der Waals surface area contributed by atoms with Crippen molar-refractivity contribution < 1.29 is 33.5 Å². The summed E-state index contributed by atoms with van der Waals surface area (Å²) in [4.78, 5) is 53.6. The zero-order chi connectivity index (χ0) is 35.1. The molecule has 2 fully saturated rings. The van der Waals surface area contributed by atoms with Gasteiger partial charge in [0.25, 0.3) is 5.88 Å². The molecule has 3 aromatic carbocycles. The van der Waals surface area contributed by atoms with Gasteiger partial charge in [-0.05, 0) is 99.3 Å². The number of fused-ring (bicyclic) bond motifs is 5. The first-order valence-electron chi connectivity index (χ1n) is 17.1. The van der Waals surface area contributed by atoms with Crippen LogP contribution in [0.2, 0.25) is 0 Å². The summed E-state index contributed by atoms with van der Waals surface area (Å²) in [5.74, 6) is -3.47. The minimum Gasteiger partial charge on any atom is -0.507 e. The van der Waals surface area contributed by atoms with E-state index in [9.17, 15) is 14.7 Å². The molecule has 1 aliphatic heterocycles. The number of methoxy groups -OCH3 is 1. The molecule has 1 N–H and O–H groups in total. The van der Waals surface area contributed by atoms with E-state index in [4.69, 9.17) is 14.0 Å². The van der Waals surface area contributed by atoms with E-state index in [0.29, 0.717) is 22.1 Å². The summed E-state index contributed by atoms with van der Waals surface area (Å²) < 4.78 is 18.0. The number of hydrogen-bond acceptors (Lipinski definition) is 11. The van der Waals surface area contributed by atoms with Gasteiger partial charge in [0, 0.05) is 30.2 Å². The zero-order valence-corrected chi connectivity index (χ0v) is 28.7.